The summed E-state index contributed by atoms with van der Waals surface area (Å²) in [5.41, 5.74) is 12.9. The number of aliphatic carboxylic acids is 1. The molecular formula is C27H32N6O7. The van der Waals surface area contributed by atoms with E-state index < -0.39 is 60.2 Å². The first-order valence-electron chi connectivity index (χ1n) is 12.4. The zero-order chi connectivity index (χ0) is 29.4. The third-order valence-corrected chi connectivity index (χ3v) is 6.17. The summed E-state index contributed by atoms with van der Waals surface area (Å²) in [7, 11) is 0. The van der Waals surface area contributed by atoms with E-state index in [4.69, 9.17) is 11.5 Å². The fraction of sp³-hybridized carbons (Fsp3) is 0.296. The molecule has 212 valence electrons. The van der Waals surface area contributed by atoms with Gasteiger partial charge in [-0.15, -0.1) is 0 Å². The molecule has 4 atom stereocenters. The van der Waals surface area contributed by atoms with Crippen LogP contribution in [-0.4, -0.2) is 69.0 Å². The zero-order valence-electron chi connectivity index (χ0n) is 21.7. The van der Waals surface area contributed by atoms with Crippen LogP contribution in [0.15, 0.2) is 54.7 Å². The molecule has 0 aliphatic rings. The quantitative estimate of drug-likeness (QED) is 0.136. The van der Waals surface area contributed by atoms with E-state index in [0.717, 1.165) is 10.9 Å². The van der Waals surface area contributed by atoms with Crippen LogP contribution in [0.5, 0.6) is 5.75 Å². The van der Waals surface area contributed by atoms with Crippen LogP contribution in [0.1, 0.15) is 24.5 Å². The first kappa shape index (κ1) is 29.6. The highest BCUT2D eigenvalue weighted by Crippen LogP contribution is 2.19. The summed E-state index contributed by atoms with van der Waals surface area (Å²) in [5, 5.41) is 27.4. The van der Waals surface area contributed by atoms with Crippen molar-refractivity contribution in [3.05, 3.63) is 65.9 Å². The van der Waals surface area contributed by atoms with Gasteiger partial charge in [0.1, 0.15) is 23.9 Å². The zero-order valence-corrected chi connectivity index (χ0v) is 21.7. The summed E-state index contributed by atoms with van der Waals surface area (Å²) >= 11 is 0. The smallest absolute Gasteiger partial charge is 0.326 e. The number of amides is 4. The lowest BCUT2D eigenvalue weighted by molar-refractivity contribution is -0.142. The molecule has 0 bridgehead atoms. The van der Waals surface area contributed by atoms with E-state index in [9.17, 15) is 34.2 Å². The molecule has 4 amide bonds. The lowest BCUT2D eigenvalue weighted by atomic mass is 10.0. The van der Waals surface area contributed by atoms with E-state index in [1.165, 1.54) is 19.1 Å². The highest BCUT2D eigenvalue weighted by Gasteiger charge is 2.31. The summed E-state index contributed by atoms with van der Waals surface area (Å²) in [5.74, 6) is -4.65. The Morgan fingerprint density at radius 3 is 2.08 bits per heavy atom. The topological polar surface area (TPSA) is 230 Å². The summed E-state index contributed by atoms with van der Waals surface area (Å²) < 4.78 is 0. The average Bonchev–Trinajstić information content (AvgIpc) is 3.31. The van der Waals surface area contributed by atoms with Crippen molar-refractivity contribution in [1.29, 1.82) is 0 Å². The van der Waals surface area contributed by atoms with Crippen LogP contribution < -0.4 is 27.4 Å². The largest absolute Gasteiger partial charge is 0.508 e. The maximum absolute atomic E-state index is 13.2. The number of para-hydroxylation sites is 1. The Bertz CT molecular complexity index is 1390. The molecule has 0 saturated heterocycles. The van der Waals surface area contributed by atoms with Gasteiger partial charge in [0.15, 0.2) is 0 Å². The fourth-order valence-electron chi connectivity index (χ4n) is 4.06. The molecule has 0 radical (unpaired) electrons. The maximum Gasteiger partial charge on any atom is 0.326 e. The van der Waals surface area contributed by atoms with Crippen molar-refractivity contribution in [2.24, 2.45) is 11.5 Å². The molecule has 3 rings (SSSR count). The van der Waals surface area contributed by atoms with E-state index in [1.54, 1.807) is 24.4 Å². The average molecular weight is 553 g/mol. The minimum atomic E-state index is -1.52. The molecule has 2 aromatic carbocycles. The van der Waals surface area contributed by atoms with Crippen molar-refractivity contribution < 1.29 is 34.2 Å². The molecule has 0 aliphatic heterocycles. The number of aromatic hydroxyl groups is 1. The number of hydrogen-bond donors (Lipinski definition) is 8. The number of carbonyl (C=O) groups is 5. The number of phenols is 1. The molecule has 1 heterocycles. The highest BCUT2D eigenvalue weighted by atomic mass is 16.4. The molecule has 0 saturated carbocycles. The third kappa shape index (κ3) is 8.04. The van der Waals surface area contributed by atoms with Crippen molar-refractivity contribution in [2.45, 2.75) is 50.4 Å². The van der Waals surface area contributed by atoms with Gasteiger partial charge in [-0.2, -0.15) is 0 Å². The molecule has 0 fully saturated rings. The molecule has 10 N–H and O–H groups in total. The van der Waals surface area contributed by atoms with Crippen molar-refractivity contribution in [3.8, 4) is 5.75 Å². The second-order valence-electron chi connectivity index (χ2n) is 9.42. The number of rotatable bonds is 13. The normalized spacial score (nSPS) is 13.9. The minimum absolute atomic E-state index is 0.00295. The monoisotopic (exact) mass is 552 g/mol. The van der Waals surface area contributed by atoms with E-state index in [0.29, 0.717) is 11.1 Å². The Labute approximate surface area is 229 Å². The summed E-state index contributed by atoms with van der Waals surface area (Å²) in [6.07, 6.45) is 0.915. The van der Waals surface area contributed by atoms with Crippen LogP contribution in [0.25, 0.3) is 10.9 Å². The first-order valence-corrected chi connectivity index (χ1v) is 12.4. The number of aromatic amines is 1. The van der Waals surface area contributed by atoms with Gasteiger partial charge in [-0.1, -0.05) is 30.3 Å². The minimum Gasteiger partial charge on any atom is -0.508 e. The lowest BCUT2D eigenvalue weighted by Gasteiger charge is -2.24. The van der Waals surface area contributed by atoms with Crippen LogP contribution in [0.4, 0.5) is 0 Å². The van der Waals surface area contributed by atoms with E-state index >= 15 is 0 Å². The van der Waals surface area contributed by atoms with Crippen LogP contribution >= 0.6 is 0 Å². The number of carbonyl (C=O) groups excluding carboxylic acids is 4. The van der Waals surface area contributed by atoms with Crippen molar-refractivity contribution in [1.82, 2.24) is 20.9 Å². The second-order valence-corrected chi connectivity index (χ2v) is 9.42. The molecule has 4 unspecified atom stereocenters. The Morgan fingerprint density at radius 1 is 0.850 bits per heavy atom. The number of primary amides is 1. The van der Waals surface area contributed by atoms with Gasteiger partial charge >= 0.3 is 5.97 Å². The standard InChI is InChI=1S/C27H32N6O7/c1-14(28)24(36)31-20(10-15-6-8-17(34)9-7-15)25(37)32-21(12-23(29)35)26(38)33-22(27(39)40)11-16-13-30-19-5-3-2-4-18(16)19/h2-9,13-14,20-22,30,34H,10-12,28H2,1H3,(H2,29,35)(H,31,36)(H,32,37)(H,33,38)(H,39,40). The number of nitrogens with two attached hydrogens (primary N) is 2. The maximum atomic E-state index is 13.2. The summed E-state index contributed by atoms with van der Waals surface area (Å²) in [4.78, 5) is 65.4. The van der Waals surface area contributed by atoms with Crippen LogP contribution in [0.2, 0.25) is 0 Å². The van der Waals surface area contributed by atoms with Gasteiger partial charge < -0.3 is 42.6 Å². The highest BCUT2D eigenvalue weighted by molar-refractivity contribution is 5.96. The Kier molecular flexibility index (Phi) is 9.81. The molecular weight excluding hydrogens is 520 g/mol. The van der Waals surface area contributed by atoms with Crippen LogP contribution in [0, 0.1) is 0 Å². The molecule has 3 aromatic rings. The number of carboxylic acid groups (broad SMARTS) is 1. The van der Waals surface area contributed by atoms with E-state index in [2.05, 4.69) is 20.9 Å². The Balaban J connectivity index is 1.78. The summed E-state index contributed by atoms with van der Waals surface area (Å²) in [6, 6.07) is 8.08. The van der Waals surface area contributed by atoms with Gasteiger partial charge in [0.05, 0.1) is 12.5 Å². The SMILES string of the molecule is CC(N)C(=O)NC(Cc1ccc(O)cc1)C(=O)NC(CC(N)=O)C(=O)NC(Cc1c[nH]c2ccccc12)C(=O)O. The van der Waals surface area contributed by atoms with Gasteiger partial charge in [0, 0.05) is 29.9 Å². The molecule has 1 aromatic heterocycles. The van der Waals surface area contributed by atoms with Gasteiger partial charge in [-0.25, -0.2) is 4.79 Å². The van der Waals surface area contributed by atoms with Crippen molar-refractivity contribution in [3.63, 3.8) is 0 Å². The Hall–Kier alpha value is -4.91. The second kappa shape index (κ2) is 13.2. The van der Waals surface area contributed by atoms with Crippen molar-refractivity contribution >= 4 is 40.5 Å². The fourth-order valence-corrected chi connectivity index (χ4v) is 4.06. The van der Waals surface area contributed by atoms with E-state index in [-0.39, 0.29) is 18.6 Å². The first-order chi connectivity index (χ1) is 18.9. The number of aromatic nitrogens is 1. The molecule has 40 heavy (non-hydrogen) atoms. The molecule has 13 nitrogen and oxygen atoms in total. The third-order valence-electron chi connectivity index (χ3n) is 6.17. The lowest BCUT2D eigenvalue weighted by Crippen LogP contribution is -2.58. The van der Waals surface area contributed by atoms with Gasteiger partial charge in [-0.3, -0.25) is 19.2 Å². The van der Waals surface area contributed by atoms with Gasteiger partial charge in [0.2, 0.25) is 23.6 Å². The van der Waals surface area contributed by atoms with Gasteiger partial charge in [0.25, 0.3) is 0 Å². The number of H-pyrrole nitrogens is 1. The van der Waals surface area contributed by atoms with Crippen LogP contribution in [-0.2, 0) is 36.8 Å². The predicted octanol–water partition coefficient (Wildman–Crippen LogP) is -0.580. The number of phenolic OH excluding ortho intramolecular Hbond substituents is 1. The van der Waals surface area contributed by atoms with Crippen LogP contribution in [0.3, 0.4) is 0 Å². The number of nitrogens with one attached hydrogen (secondary N) is 4. The summed E-state index contributed by atoms with van der Waals surface area (Å²) in [6.45, 7) is 1.42. The molecule has 0 spiro atoms. The number of benzene rings is 2. The Morgan fingerprint density at radius 2 is 1.45 bits per heavy atom. The van der Waals surface area contributed by atoms with Crippen molar-refractivity contribution in [2.75, 3.05) is 0 Å². The van der Waals surface area contributed by atoms with Gasteiger partial charge in [-0.05, 0) is 36.2 Å². The number of hydrogen-bond acceptors (Lipinski definition) is 7. The predicted molar refractivity (Wildman–Crippen MR) is 145 cm³/mol. The molecule has 13 heteroatoms. The number of fused-ring (bicyclic) bond motifs is 1. The van der Waals surface area contributed by atoms with E-state index in [1.807, 2.05) is 18.2 Å². The molecule has 0 aliphatic carbocycles. The number of carboxylic acids is 1.